The van der Waals surface area contributed by atoms with Crippen LogP contribution < -0.4 is 10.9 Å². The molecule has 13 heteroatoms. The van der Waals surface area contributed by atoms with Crippen molar-refractivity contribution in [2.24, 2.45) is 5.92 Å². The van der Waals surface area contributed by atoms with E-state index in [4.69, 9.17) is 18.6 Å². The van der Waals surface area contributed by atoms with Crippen LogP contribution in [0, 0.1) is 5.92 Å². The standard InChI is InChI=1S/C41H50N3O9P/c1-32(2)39(44(43-51-30-35-21-11-5-12-22-35)38(45)27-26-33-17-7-3-8-18-33)54(49,52-31-36-23-13-6-14-24-36)53-37(40(46)47)25-15-16-28-42-41(48)50-29-34-19-9-4-10-20-34/h3-14,17-24,32,37,39,43H,15-16,25-31H2,1-2H3,(H,42,48)(H,46,47)/t37-,39-,54?/m0/s1. The predicted octanol–water partition coefficient (Wildman–Crippen LogP) is 8.04. The average Bonchev–Trinajstić information content (AvgIpc) is 3.19. The molecule has 0 heterocycles. The first-order chi connectivity index (χ1) is 26.1. The zero-order chi connectivity index (χ0) is 38.6. The fraction of sp³-hybridized carbons (Fsp3) is 0.341. The number of hydrogen-bond acceptors (Lipinski definition) is 9. The summed E-state index contributed by atoms with van der Waals surface area (Å²) in [6.45, 7) is 3.76. The molecule has 0 fully saturated rings. The third kappa shape index (κ3) is 14.2. The normalized spacial score (nSPS) is 13.4. The van der Waals surface area contributed by atoms with E-state index in [1.165, 1.54) is 0 Å². The first kappa shape index (κ1) is 41.9. The summed E-state index contributed by atoms with van der Waals surface area (Å²) in [4.78, 5) is 44.7. The molecule has 4 aromatic carbocycles. The van der Waals surface area contributed by atoms with Crippen LogP contribution in [0.1, 0.15) is 61.8 Å². The van der Waals surface area contributed by atoms with Gasteiger partial charge in [-0.2, -0.15) is 0 Å². The molecule has 3 atom stereocenters. The lowest BCUT2D eigenvalue weighted by atomic mass is 10.1. The summed E-state index contributed by atoms with van der Waals surface area (Å²) in [5, 5.41) is 14.1. The van der Waals surface area contributed by atoms with Crippen LogP contribution >= 0.6 is 7.60 Å². The summed E-state index contributed by atoms with van der Waals surface area (Å²) in [6.07, 6.45) is -1.07. The van der Waals surface area contributed by atoms with Crippen LogP contribution in [-0.2, 0) is 59.0 Å². The van der Waals surface area contributed by atoms with Crippen LogP contribution in [0.15, 0.2) is 121 Å². The number of benzene rings is 4. The number of aliphatic carboxylic acids is 1. The van der Waals surface area contributed by atoms with Gasteiger partial charge in [-0.05, 0) is 53.9 Å². The summed E-state index contributed by atoms with van der Waals surface area (Å²) in [5.74, 6) is -3.63. The van der Waals surface area contributed by atoms with Crippen LogP contribution in [0.25, 0.3) is 0 Å². The largest absolute Gasteiger partial charge is 0.479 e. The Morgan fingerprint density at radius 2 is 1.24 bits per heavy atom. The Hall–Kier alpha value is -4.84. The van der Waals surface area contributed by atoms with Gasteiger partial charge in [-0.25, -0.2) is 14.6 Å². The van der Waals surface area contributed by atoms with Crippen molar-refractivity contribution >= 4 is 25.6 Å². The van der Waals surface area contributed by atoms with Crippen LogP contribution in [0.3, 0.4) is 0 Å². The third-order valence-corrected chi connectivity index (χ3v) is 10.9. The molecule has 0 radical (unpaired) electrons. The summed E-state index contributed by atoms with van der Waals surface area (Å²) >= 11 is 0. The first-order valence-corrected chi connectivity index (χ1v) is 19.7. The highest BCUT2D eigenvalue weighted by atomic mass is 31.2. The predicted molar refractivity (Wildman–Crippen MR) is 204 cm³/mol. The summed E-state index contributed by atoms with van der Waals surface area (Å²) in [7, 11) is -4.50. The van der Waals surface area contributed by atoms with Gasteiger partial charge in [0, 0.05) is 13.0 Å². The molecular formula is C41H50N3O9P. The molecule has 4 rings (SSSR count). The fourth-order valence-corrected chi connectivity index (χ4v) is 7.97. The molecular weight excluding hydrogens is 709 g/mol. The second-order valence-electron chi connectivity index (χ2n) is 13.0. The number of hydrazine groups is 1. The molecule has 12 nitrogen and oxygen atoms in total. The maximum absolute atomic E-state index is 15.2. The van der Waals surface area contributed by atoms with E-state index in [0.29, 0.717) is 24.8 Å². The molecule has 3 N–H and O–H groups in total. The van der Waals surface area contributed by atoms with E-state index >= 15 is 4.57 Å². The van der Waals surface area contributed by atoms with E-state index < -0.39 is 43.4 Å². The molecule has 0 spiro atoms. The van der Waals surface area contributed by atoms with Crippen molar-refractivity contribution in [3.05, 3.63) is 144 Å². The minimum atomic E-state index is -4.50. The Morgan fingerprint density at radius 1 is 0.722 bits per heavy atom. The zero-order valence-electron chi connectivity index (χ0n) is 30.8. The Labute approximate surface area is 317 Å². The monoisotopic (exact) mass is 759 g/mol. The SMILES string of the molecule is CC(C)[C@@H](N(NOCc1ccccc1)C(=O)CCc1ccccc1)P(=O)(OCc1ccccc1)O[C@@H](CCCCNC(=O)OCc1ccccc1)C(=O)O. The quantitative estimate of drug-likeness (QED) is 0.0385. The smallest absolute Gasteiger partial charge is 0.407 e. The second-order valence-corrected chi connectivity index (χ2v) is 15.1. The van der Waals surface area contributed by atoms with Crippen LogP contribution in [0.5, 0.6) is 0 Å². The van der Waals surface area contributed by atoms with Crippen LogP contribution in [-0.4, -0.2) is 46.5 Å². The number of nitrogens with one attached hydrogen (secondary N) is 2. The van der Waals surface area contributed by atoms with Gasteiger partial charge in [0.15, 0.2) is 11.9 Å². The lowest BCUT2D eigenvalue weighted by Crippen LogP contribution is -2.52. The van der Waals surface area contributed by atoms with Crippen LogP contribution in [0.4, 0.5) is 4.79 Å². The molecule has 0 bridgehead atoms. The number of carbonyl (C=O) groups is 3. The van der Waals surface area contributed by atoms with E-state index in [0.717, 1.165) is 21.7 Å². The molecule has 0 aliphatic rings. The third-order valence-electron chi connectivity index (χ3n) is 8.35. The Morgan fingerprint density at radius 3 is 1.78 bits per heavy atom. The Balaban J connectivity index is 1.51. The van der Waals surface area contributed by atoms with Crippen molar-refractivity contribution in [3.63, 3.8) is 0 Å². The molecule has 54 heavy (non-hydrogen) atoms. The van der Waals surface area contributed by atoms with Gasteiger partial charge < -0.3 is 19.7 Å². The number of rotatable bonds is 23. The van der Waals surface area contributed by atoms with Crippen molar-refractivity contribution in [1.82, 2.24) is 15.9 Å². The minimum Gasteiger partial charge on any atom is -0.479 e. The van der Waals surface area contributed by atoms with Crippen molar-refractivity contribution in [2.45, 2.75) is 77.7 Å². The minimum absolute atomic E-state index is 0.0246. The van der Waals surface area contributed by atoms with Crippen molar-refractivity contribution in [1.29, 1.82) is 0 Å². The van der Waals surface area contributed by atoms with E-state index in [-0.39, 0.29) is 39.2 Å². The van der Waals surface area contributed by atoms with Gasteiger partial charge in [0.1, 0.15) is 6.61 Å². The summed E-state index contributed by atoms with van der Waals surface area (Å²) in [6, 6.07) is 37.1. The number of carboxylic acid groups (broad SMARTS) is 1. The highest BCUT2D eigenvalue weighted by Crippen LogP contribution is 2.58. The number of aryl methyl sites for hydroxylation is 1. The molecule has 0 aromatic heterocycles. The topological polar surface area (TPSA) is 153 Å². The molecule has 0 aliphatic heterocycles. The van der Waals surface area contributed by atoms with E-state index in [1.54, 1.807) is 38.1 Å². The summed E-state index contributed by atoms with van der Waals surface area (Å²) in [5.41, 5.74) is 6.02. The average molecular weight is 760 g/mol. The van der Waals surface area contributed by atoms with Crippen molar-refractivity contribution in [2.75, 3.05) is 6.54 Å². The van der Waals surface area contributed by atoms with Crippen molar-refractivity contribution in [3.8, 4) is 0 Å². The zero-order valence-corrected chi connectivity index (χ0v) is 31.6. The Bertz CT molecular complexity index is 1750. The first-order valence-electron chi connectivity index (χ1n) is 18.1. The van der Waals surface area contributed by atoms with Crippen molar-refractivity contribution < 1.29 is 42.7 Å². The highest BCUT2D eigenvalue weighted by molar-refractivity contribution is 7.54. The Kier molecular flexibility index (Phi) is 17.4. The van der Waals surface area contributed by atoms with Crippen LogP contribution in [0.2, 0.25) is 0 Å². The fourth-order valence-electron chi connectivity index (χ4n) is 5.56. The van der Waals surface area contributed by atoms with Gasteiger partial charge in [0.25, 0.3) is 0 Å². The van der Waals surface area contributed by atoms with Gasteiger partial charge in [-0.3, -0.25) is 18.7 Å². The van der Waals surface area contributed by atoms with Gasteiger partial charge in [-0.1, -0.05) is 135 Å². The molecule has 288 valence electrons. The number of alkyl carbamates (subject to hydrolysis) is 1. The van der Waals surface area contributed by atoms with E-state index in [1.807, 2.05) is 97.1 Å². The highest BCUT2D eigenvalue weighted by Gasteiger charge is 2.47. The number of hydrogen-bond donors (Lipinski definition) is 3. The maximum atomic E-state index is 15.2. The van der Waals surface area contributed by atoms with Gasteiger partial charge in [-0.15, -0.1) is 5.59 Å². The number of ether oxygens (including phenoxy) is 1. The number of carbonyl (C=O) groups excluding carboxylic acids is 2. The molecule has 2 amide bonds. The molecule has 0 aliphatic carbocycles. The van der Waals surface area contributed by atoms with Gasteiger partial charge in [0.05, 0.1) is 13.2 Å². The molecule has 0 saturated heterocycles. The van der Waals surface area contributed by atoms with E-state index in [2.05, 4.69) is 10.9 Å². The molecule has 1 unspecified atom stereocenters. The number of unbranched alkanes of at least 4 members (excludes halogenated alkanes) is 1. The van der Waals surface area contributed by atoms with Gasteiger partial charge in [0.2, 0.25) is 5.91 Å². The maximum Gasteiger partial charge on any atom is 0.407 e. The summed E-state index contributed by atoms with van der Waals surface area (Å²) < 4.78 is 32.6. The van der Waals surface area contributed by atoms with Gasteiger partial charge >= 0.3 is 19.7 Å². The van der Waals surface area contributed by atoms with E-state index in [9.17, 15) is 19.5 Å². The second kappa shape index (κ2) is 22.4. The molecule has 4 aromatic rings. The number of amides is 2. The lowest BCUT2D eigenvalue weighted by Gasteiger charge is -2.38. The lowest BCUT2D eigenvalue weighted by molar-refractivity contribution is -0.160. The number of carboxylic acids is 1. The molecule has 0 saturated carbocycles. The number of nitrogens with zero attached hydrogens (tertiary/aromatic N) is 1.